The Hall–Kier alpha value is -2.86. The first-order valence-electron chi connectivity index (χ1n) is 15.4. The second kappa shape index (κ2) is 10.9. The number of piperidine rings is 1. The molecule has 4 aromatic rings. The first-order valence-corrected chi connectivity index (χ1v) is 16.6. The summed E-state index contributed by atoms with van der Waals surface area (Å²) in [6, 6.07) is 5.75. The molecule has 0 radical (unpaired) electrons. The number of piperazine rings is 1. The Balaban J connectivity index is 1.26. The maximum absolute atomic E-state index is 16.8. The lowest BCUT2D eigenvalue weighted by Crippen LogP contribution is -2.51. The number of ether oxygens (including phenoxy) is 1. The van der Waals surface area contributed by atoms with Gasteiger partial charge in [-0.25, -0.2) is 13.8 Å². The van der Waals surface area contributed by atoms with Crippen LogP contribution >= 0.6 is 22.9 Å². The van der Waals surface area contributed by atoms with E-state index in [1.165, 1.54) is 31.4 Å². The van der Waals surface area contributed by atoms with Crippen molar-refractivity contribution in [3.63, 3.8) is 0 Å². The van der Waals surface area contributed by atoms with E-state index in [4.69, 9.17) is 32.0 Å². The molecular weight excluding hydrogens is 592 g/mol. The van der Waals surface area contributed by atoms with E-state index in [0.717, 1.165) is 69.6 Å². The number of aromatic nitrogens is 3. The average Bonchev–Trinajstić information content (AvgIpc) is 3.73. The maximum Gasteiger partial charge on any atom is 0.319 e. The fourth-order valence-corrected chi connectivity index (χ4v) is 8.77. The van der Waals surface area contributed by atoms with Crippen molar-refractivity contribution in [1.29, 1.82) is 0 Å². The summed E-state index contributed by atoms with van der Waals surface area (Å²) < 4.78 is 38.3. The van der Waals surface area contributed by atoms with Gasteiger partial charge in [0.15, 0.2) is 10.9 Å². The maximum atomic E-state index is 16.8. The van der Waals surface area contributed by atoms with E-state index in [0.29, 0.717) is 34.9 Å². The van der Waals surface area contributed by atoms with Crippen LogP contribution in [-0.4, -0.2) is 70.3 Å². The molecule has 3 aliphatic heterocycles. The van der Waals surface area contributed by atoms with Gasteiger partial charge in [0, 0.05) is 47.7 Å². The van der Waals surface area contributed by atoms with Gasteiger partial charge < -0.3 is 20.7 Å². The van der Waals surface area contributed by atoms with Gasteiger partial charge in [0.2, 0.25) is 0 Å². The lowest BCUT2D eigenvalue weighted by molar-refractivity contribution is 0.0683. The summed E-state index contributed by atoms with van der Waals surface area (Å²) in [4.78, 5) is 18.8. The van der Waals surface area contributed by atoms with E-state index < -0.39 is 11.6 Å². The van der Waals surface area contributed by atoms with E-state index in [-0.39, 0.29) is 43.6 Å². The van der Waals surface area contributed by atoms with Gasteiger partial charge in [-0.05, 0) is 76.2 Å². The molecule has 4 aliphatic rings. The van der Waals surface area contributed by atoms with Gasteiger partial charge in [-0.2, -0.15) is 9.97 Å². The third-order valence-corrected chi connectivity index (χ3v) is 10.9. The third-order valence-electron chi connectivity index (χ3n) is 9.67. The molecule has 8 rings (SSSR count). The smallest absolute Gasteiger partial charge is 0.319 e. The molecule has 3 N–H and O–H groups in total. The number of nitrogens with two attached hydrogens (primary N) is 1. The van der Waals surface area contributed by atoms with Crippen LogP contribution in [0.2, 0.25) is 5.02 Å². The summed E-state index contributed by atoms with van der Waals surface area (Å²) in [6.07, 6.45) is 8.93. The van der Waals surface area contributed by atoms with Crippen molar-refractivity contribution in [1.82, 2.24) is 25.2 Å². The molecule has 1 saturated carbocycles. The minimum atomic E-state index is -0.604. The lowest BCUT2D eigenvalue weighted by Gasteiger charge is -2.36. The highest BCUT2D eigenvalue weighted by Gasteiger charge is 2.37. The Bertz CT molecular complexity index is 1700. The first kappa shape index (κ1) is 27.7. The van der Waals surface area contributed by atoms with Crippen molar-refractivity contribution in [2.24, 2.45) is 0 Å². The number of thiazole rings is 1. The highest BCUT2D eigenvalue weighted by atomic mass is 35.5. The monoisotopic (exact) mass is 625 g/mol. The molecule has 4 atom stereocenters. The molecule has 3 saturated heterocycles. The molecular formula is C31H34ClF2N7OS. The number of halogens is 3. The van der Waals surface area contributed by atoms with Crippen LogP contribution in [0.4, 0.5) is 19.7 Å². The lowest BCUT2D eigenvalue weighted by atomic mass is 10.0. The summed E-state index contributed by atoms with van der Waals surface area (Å²) >= 11 is 7.87. The molecule has 4 fully saturated rings. The van der Waals surface area contributed by atoms with Crippen molar-refractivity contribution < 1.29 is 13.5 Å². The highest BCUT2D eigenvalue weighted by Crippen LogP contribution is 2.43. The number of nitrogens with one attached hydrogen (secondary N) is 1. The van der Waals surface area contributed by atoms with E-state index in [9.17, 15) is 4.39 Å². The number of hydrogen-bond acceptors (Lipinski definition) is 9. The summed E-state index contributed by atoms with van der Waals surface area (Å²) in [6.45, 7) is 3.70. The van der Waals surface area contributed by atoms with Gasteiger partial charge in [-0.3, -0.25) is 4.90 Å². The van der Waals surface area contributed by atoms with E-state index >= 15 is 4.39 Å². The molecule has 43 heavy (non-hydrogen) atoms. The van der Waals surface area contributed by atoms with Gasteiger partial charge in [0.1, 0.15) is 23.3 Å². The van der Waals surface area contributed by atoms with Crippen molar-refractivity contribution in [3.8, 4) is 17.1 Å². The molecule has 2 bridgehead atoms. The predicted octanol–water partition coefficient (Wildman–Crippen LogP) is 6.15. The topological polar surface area (TPSA) is 92.4 Å². The van der Waals surface area contributed by atoms with Crippen LogP contribution in [0.25, 0.3) is 32.2 Å². The minimum absolute atomic E-state index is 0.0489. The summed E-state index contributed by atoms with van der Waals surface area (Å²) in [5.74, 6) is -0.424. The molecule has 226 valence electrons. The number of fused-ring (bicyclic) bond motifs is 4. The molecule has 1 aliphatic carbocycles. The van der Waals surface area contributed by atoms with Crippen molar-refractivity contribution in [3.05, 3.63) is 34.9 Å². The fraction of sp³-hybridized carbons (Fsp3) is 0.516. The van der Waals surface area contributed by atoms with E-state index in [2.05, 4.69) is 20.1 Å². The number of nitrogen functional groups attached to an aromatic ring is 1. The molecule has 0 spiro atoms. The van der Waals surface area contributed by atoms with Crippen LogP contribution in [0.15, 0.2) is 18.2 Å². The van der Waals surface area contributed by atoms with Gasteiger partial charge in [0.25, 0.3) is 0 Å². The van der Waals surface area contributed by atoms with Crippen LogP contribution in [-0.2, 0) is 0 Å². The number of anilines is 2. The minimum Gasteiger partial charge on any atom is -0.458 e. The average molecular weight is 626 g/mol. The van der Waals surface area contributed by atoms with Crippen LogP contribution in [0.1, 0.15) is 51.4 Å². The molecule has 5 heterocycles. The Morgan fingerprint density at radius 2 is 1.74 bits per heavy atom. The number of nitrogens with zero attached hydrogens (tertiary/aromatic N) is 5. The number of likely N-dealkylation sites (tertiary alicyclic amines) is 1. The highest BCUT2D eigenvalue weighted by molar-refractivity contribution is 7.22. The van der Waals surface area contributed by atoms with Gasteiger partial charge in [-0.15, -0.1) is 0 Å². The van der Waals surface area contributed by atoms with Crippen molar-refractivity contribution in [2.75, 3.05) is 36.8 Å². The number of hydrogen-bond donors (Lipinski definition) is 2. The van der Waals surface area contributed by atoms with Crippen LogP contribution in [0.3, 0.4) is 0 Å². The number of rotatable bonds is 5. The Kier molecular flexibility index (Phi) is 7.04. The zero-order chi connectivity index (χ0) is 29.2. The zero-order valence-corrected chi connectivity index (χ0v) is 25.4. The Morgan fingerprint density at radius 1 is 0.953 bits per heavy atom. The molecule has 2 aromatic carbocycles. The van der Waals surface area contributed by atoms with Crippen molar-refractivity contribution >= 4 is 55.0 Å². The van der Waals surface area contributed by atoms with E-state index in [1.807, 2.05) is 0 Å². The Labute approximate surface area is 257 Å². The molecule has 8 nitrogen and oxygen atoms in total. The standard InChI is InChI=1S/C31H34ClF2N7OS/c32-20-13-19-26(25(34)24(20)18-9-10-21(33)28-27(18)37-30(35)43-28)38-31(39-29(19)41-14-16-7-8-17(15-41)36-16)42-23-6-4-5-22(23)40-11-2-1-3-12-40/h9-10,13,16-17,22-23,36H,1-8,11-12,14-15H2,(H2,35,37). The third kappa shape index (κ3) is 4.88. The second-order valence-electron chi connectivity index (χ2n) is 12.4. The van der Waals surface area contributed by atoms with Crippen LogP contribution in [0.5, 0.6) is 6.01 Å². The summed E-state index contributed by atoms with van der Waals surface area (Å²) in [5.41, 5.74) is 6.84. The quantitative estimate of drug-likeness (QED) is 0.273. The molecule has 0 amide bonds. The van der Waals surface area contributed by atoms with E-state index in [1.54, 1.807) is 6.07 Å². The molecule has 2 aromatic heterocycles. The largest absolute Gasteiger partial charge is 0.458 e. The Morgan fingerprint density at radius 3 is 2.53 bits per heavy atom. The number of benzene rings is 2. The summed E-state index contributed by atoms with van der Waals surface area (Å²) in [5, 5.41) is 4.58. The van der Waals surface area contributed by atoms with Gasteiger partial charge >= 0.3 is 6.01 Å². The van der Waals surface area contributed by atoms with Crippen LogP contribution < -0.4 is 20.7 Å². The zero-order valence-electron chi connectivity index (χ0n) is 23.8. The molecule has 12 heteroatoms. The van der Waals surface area contributed by atoms with Crippen LogP contribution in [0, 0.1) is 11.6 Å². The van der Waals surface area contributed by atoms with Crippen molar-refractivity contribution in [2.45, 2.75) is 75.6 Å². The predicted molar refractivity (Wildman–Crippen MR) is 167 cm³/mol. The summed E-state index contributed by atoms with van der Waals surface area (Å²) in [7, 11) is 0. The first-order chi connectivity index (χ1) is 20.9. The fourth-order valence-electron chi connectivity index (χ4n) is 7.71. The van der Waals surface area contributed by atoms with Gasteiger partial charge in [-0.1, -0.05) is 29.4 Å². The normalized spacial score (nSPS) is 26.2. The molecule has 4 unspecified atom stereocenters. The van der Waals surface area contributed by atoms with Gasteiger partial charge in [0.05, 0.1) is 15.2 Å². The second-order valence-corrected chi connectivity index (χ2v) is 13.8. The SMILES string of the molecule is Nc1nc2c(-c3c(Cl)cc4c(N5CC6CCC(C5)N6)nc(OC5CCCC5N5CCCCC5)nc4c3F)ccc(F)c2s1.